The predicted octanol–water partition coefficient (Wildman–Crippen LogP) is 3.71. The van der Waals surface area contributed by atoms with Gasteiger partial charge in [-0.2, -0.15) is 0 Å². The van der Waals surface area contributed by atoms with E-state index in [-0.39, 0.29) is 24.0 Å². The van der Waals surface area contributed by atoms with E-state index in [1.165, 1.54) is 12.8 Å². The minimum Gasteiger partial charge on any atom is -0.497 e. The third-order valence-electron chi connectivity index (χ3n) is 5.66. The van der Waals surface area contributed by atoms with Crippen molar-refractivity contribution in [2.24, 2.45) is 4.99 Å². The Balaban J connectivity index is 0.00000341. The summed E-state index contributed by atoms with van der Waals surface area (Å²) in [5.41, 5.74) is 0. The Labute approximate surface area is 203 Å². The average molecular weight is 547 g/mol. The lowest BCUT2D eigenvalue weighted by Crippen LogP contribution is -2.47. The monoisotopic (exact) mass is 547 g/mol. The smallest absolute Gasteiger partial charge is 0.193 e. The zero-order valence-electron chi connectivity index (χ0n) is 18.9. The highest BCUT2D eigenvalue weighted by atomic mass is 127. The molecule has 7 nitrogen and oxygen atoms in total. The molecule has 1 unspecified atom stereocenters. The number of hydrogen-bond acceptors (Lipinski definition) is 5. The summed E-state index contributed by atoms with van der Waals surface area (Å²) in [5.74, 6) is 2.61. The van der Waals surface area contributed by atoms with Gasteiger partial charge in [0.15, 0.2) is 5.96 Å². The first kappa shape index (κ1) is 26.0. The van der Waals surface area contributed by atoms with Crippen LogP contribution in [-0.2, 0) is 9.47 Å². The minimum absolute atomic E-state index is 0. The molecule has 176 valence electrons. The van der Waals surface area contributed by atoms with Gasteiger partial charge in [0.1, 0.15) is 11.5 Å². The summed E-state index contributed by atoms with van der Waals surface area (Å²) in [6.45, 7) is 5.04. The standard InChI is InChI=1S/C23H37N3O4.HI/c1-24-23(25-12-6-16-28-21-9-5-8-20(17-21)27-2)26-13-10-19(11-14-26)30-18-22-7-3-4-15-29-22;/h5,8-9,17,19,22H,3-4,6-7,10-16,18H2,1-2H3,(H,24,25);1H. The summed E-state index contributed by atoms with van der Waals surface area (Å²) in [7, 11) is 3.51. The third-order valence-corrected chi connectivity index (χ3v) is 5.66. The average Bonchev–Trinajstić information content (AvgIpc) is 2.81. The van der Waals surface area contributed by atoms with Crippen LogP contribution >= 0.6 is 24.0 Å². The Morgan fingerprint density at radius 1 is 1.19 bits per heavy atom. The van der Waals surface area contributed by atoms with Crippen LogP contribution in [0.1, 0.15) is 38.5 Å². The summed E-state index contributed by atoms with van der Waals surface area (Å²) in [6.07, 6.45) is 7.19. The number of halogens is 1. The van der Waals surface area contributed by atoms with Crippen LogP contribution in [0.3, 0.4) is 0 Å². The Kier molecular flexibility index (Phi) is 12.4. The van der Waals surface area contributed by atoms with Crippen molar-refractivity contribution in [3.63, 3.8) is 0 Å². The van der Waals surface area contributed by atoms with Crippen LogP contribution in [0, 0.1) is 0 Å². The van der Waals surface area contributed by atoms with Gasteiger partial charge in [-0.05, 0) is 50.7 Å². The van der Waals surface area contributed by atoms with Crippen molar-refractivity contribution in [3.8, 4) is 11.5 Å². The highest BCUT2D eigenvalue weighted by Gasteiger charge is 2.23. The second kappa shape index (κ2) is 14.7. The van der Waals surface area contributed by atoms with Gasteiger partial charge >= 0.3 is 0 Å². The van der Waals surface area contributed by atoms with Gasteiger partial charge in [-0.15, -0.1) is 24.0 Å². The maximum atomic E-state index is 6.12. The normalized spacial score (nSPS) is 20.1. The molecule has 0 aliphatic carbocycles. The van der Waals surface area contributed by atoms with Crippen molar-refractivity contribution in [3.05, 3.63) is 24.3 Å². The van der Waals surface area contributed by atoms with Crippen LogP contribution in [0.15, 0.2) is 29.3 Å². The van der Waals surface area contributed by atoms with Crippen LogP contribution in [0.25, 0.3) is 0 Å². The van der Waals surface area contributed by atoms with Crippen molar-refractivity contribution >= 4 is 29.9 Å². The summed E-state index contributed by atoms with van der Waals surface area (Å²) >= 11 is 0. The molecule has 1 atom stereocenters. The summed E-state index contributed by atoms with van der Waals surface area (Å²) in [5, 5.41) is 3.46. The molecule has 0 spiro atoms. The molecular weight excluding hydrogens is 509 g/mol. The lowest BCUT2D eigenvalue weighted by atomic mass is 10.1. The fourth-order valence-electron chi connectivity index (χ4n) is 3.90. The van der Waals surface area contributed by atoms with Gasteiger partial charge in [-0.3, -0.25) is 4.99 Å². The zero-order chi connectivity index (χ0) is 21.0. The van der Waals surface area contributed by atoms with Crippen LogP contribution in [0.2, 0.25) is 0 Å². The predicted molar refractivity (Wildman–Crippen MR) is 134 cm³/mol. The molecule has 2 fully saturated rings. The van der Waals surface area contributed by atoms with Crippen LogP contribution in [-0.4, -0.2) is 76.7 Å². The van der Waals surface area contributed by atoms with Gasteiger partial charge in [-0.1, -0.05) is 6.07 Å². The quantitative estimate of drug-likeness (QED) is 0.220. The van der Waals surface area contributed by atoms with E-state index in [1.54, 1.807) is 7.11 Å². The highest BCUT2D eigenvalue weighted by Crippen LogP contribution is 2.19. The number of methoxy groups -OCH3 is 1. The molecule has 1 aromatic carbocycles. The Hall–Kier alpha value is -1.26. The molecule has 0 amide bonds. The molecule has 8 heteroatoms. The number of aliphatic imine (C=N–C) groups is 1. The molecule has 0 radical (unpaired) electrons. The second-order valence-electron chi connectivity index (χ2n) is 7.86. The van der Waals surface area contributed by atoms with Crippen molar-refractivity contribution in [1.82, 2.24) is 10.2 Å². The number of hydrogen-bond donors (Lipinski definition) is 1. The fourth-order valence-corrected chi connectivity index (χ4v) is 3.90. The van der Waals surface area contributed by atoms with E-state index in [1.807, 2.05) is 31.3 Å². The van der Waals surface area contributed by atoms with Gasteiger partial charge in [0.25, 0.3) is 0 Å². The summed E-state index contributed by atoms with van der Waals surface area (Å²) in [4.78, 5) is 6.77. The Morgan fingerprint density at radius 2 is 2.00 bits per heavy atom. The number of guanidine groups is 1. The number of ether oxygens (including phenoxy) is 4. The van der Waals surface area contributed by atoms with Crippen LogP contribution in [0.4, 0.5) is 0 Å². The Morgan fingerprint density at radius 3 is 2.71 bits per heavy atom. The number of piperidine rings is 1. The van der Waals surface area contributed by atoms with E-state index in [4.69, 9.17) is 18.9 Å². The summed E-state index contributed by atoms with van der Waals surface area (Å²) < 4.78 is 22.9. The number of rotatable bonds is 9. The lowest BCUT2D eigenvalue weighted by molar-refractivity contribution is -0.0721. The fraction of sp³-hybridized carbons (Fsp3) is 0.696. The zero-order valence-corrected chi connectivity index (χ0v) is 21.2. The maximum absolute atomic E-state index is 6.12. The molecule has 31 heavy (non-hydrogen) atoms. The second-order valence-corrected chi connectivity index (χ2v) is 7.86. The molecule has 1 aromatic rings. The molecule has 0 aromatic heterocycles. The topological polar surface area (TPSA) is 64.6 Å². The van der Waals surface area contributed by atoms with Crippen molar-refractivity contribution in [2.45, 2.75) is 50.7 Å². The van der Waals surface area contributed by atoms with E-state index in [2.05, 4.69) is 15.2 Å². The van der Waals surface area contributed by atoms with E-state index >= 15 is 0 Å². The number of nitrogens with one attached hydrogen (secondary N) is 1. The molecule has 3 rings (SSSR count). The maximum Gasteiger partial charge on any atom is 0.193 e. The highest BCUT2D eigenvalue weighted by molar-refractivity contribution is 14.0. The molecule has 2 aliphatic rings. The summed E-state index contributed by atoms with van der Waals surface area (Å²) in [6, 6.07) is 7.70. The van der Waals surface area contributed by atoms with Crippen molar-refractivity contribution < 1.29 is 18.9 Å². The Bertz CT molecular complexity index is 647. The number of benzene rings is 1. The first-order chi connectivity index (χ1) is 14.8. The molecular formula is C23H38IN3O4. The van der Waals surface area contributed by atoms with Crippen LogP contribution in [0.5, 0.6) is 11.5 Å². The number of nitrogens with zero attached hydrogens (tertiary/aromatic N) is 2. The van der Waals surface area contributed by atoms with E-state index in [0.717, 1.165) is 76.0 Å². The molecule has 0 saturated carbocycles. The van der Waals surface area contributed by atoms with Crippen molar-refractivity contribution in [2.75, 3.05) is 53.6 Å². The molecule has 0 bridgehead atoms. The lowest BCUT2D eigenvalue weighted by Gasteiger charge is -2.35. The molecule has 1 N–H and O–H groups in total. The van der Waals surface area contributed by atoms with E-state index in [0.29, 0.717) is 18.8 Å². The van der Waals surface area contributed by atoms with Crippen molar-refractivity contribution in [1.29, 1.82) is 0 Å². The third kappa shape index (κ3) is 9.02. The molecule has 2 heterocycles. The van der Waals surface area contributed by atoms with Gasteiger partial charge in [-0.25, -0.2) is 0 Å². The molecule has 2 aliphatic heterocycles. The largest absolute Gasteiger partial charge is 0.497 e. The first-order valence-corrected chi connectivity index (χ1v) is 11.2. The SMILES string of the molecule is CN=C(NCCCOc1cccc(OC)c1)N1CCC(OCC2CCCCO2)CC1.I. The van der Waals surface area contributed by atoms with Crippen LogP contribution < -0.4 is 14.8 Å². The first-order valence-electron chi connectivity index (χ1n) is 11.2. The van der Waals surface area contributed by atoms with Gasteiger partial charge in [0.05, 0.1) is 32.5 Å². The van der Waals surface area contributed by atoms with E-state index < -0.39 is 0 Å². The van der Waals surface area contributed by atoms with Gasteiger partial charge < -0.3 is 29.2 Å². The molecule has 2 saturated heterocycles. The van der Waals surface area contributed by atoms with Gasteiger partial charge in [0.2, 0.25) is 0 Å². The minimum atomic E-state index is 0. The number of likely N-dealkylation sites (tertiary alicyclic amines) is 1. The van der Waals surface area contributed by atoms with Gasteiger partial charge in [0, 0.05) is 39.4 Å². The van der Waals surface area contributed by atoms with E-state index in [9.17, 15) is 0 Å².